The number of aliphatic hydroxyl groups is 3. The van der Waals surface area contributed by atoms with Gasteiger partial charge in [-0.15, -0.1) is 0 Å². The first-order chi connectivity index (χ1) is 28.4. The minimum atomic E-state index is -0.462. The van der Waals surface area contributed by atoms with Gasteiger partial charge in [-0.3, -0.25) is 32.4 Å². The molecule has 4 aromatic heterocycles. The first-order valence-electron chi connectivity index (χ1n) is 19.5. The van der Waals surface area contributed by atoms with Crippen LogP contribution in [0, 0.1) is 0 Å². The number of aryl methyl sites for hydroxylation is 2. The number of hydrogen-bond donors (Lipinski definition) is 3. The summed E-state index contributed by atoms with van der Waals surface area (Å²) in [6, 6.07) is 14.8. The number of aliphatic hydroxyl groups excluding tert-OH is 3. The Hall–Kier alpha value is -3.71. The second-order valence-electron chi connectivity index (χ2n) is 13.2. The van der Waals surface area contributed by atoms with E-state index in [1.165, 1.54) is 9.13 Å². The molecule has 3 N–H and O–H groups in total. The first-order valence-corrected chi connectivity index (χ1v) is 20.6. The molecule has 0 saturated heterocycles. The summed E-state index contributed by atoms with van der Waals surface area (Å²) in [6.07, 6.45) is 2.28. The zero-order valence-electron chi connectivity index (χ0n) is 35.6. The maximum absolute atomic E-state index is 13.2. The van der Waals surface area contributed by atoms with E-state index < -0.39 is 22.5 Å². The summed E-state index contributed by atoms with van der Waals surface area (Å²) in [6.45, 7) is 9.74. The second kappa shape index (κ2) is 24.7. The maximum atomic E-state index is 13.2. The van der Waals surface area contributed by atoms with E-state index in [-0.39, 0.29) is 73.7 Å². The monoisotopic (exact) mass is 900 g/mol. The van der Waals surface area contributed by atoms with Gasteiger partial charge < -0.3 is 26.1 Å². The van der Waals surface area contributed by atoms with Crippen molar-refractivity contribution in [2.75, 3.05) is 26.4 Å². The molecule has 0 saturated carbocycles. The van der Waals surface area contributed by atoms with Crippen LogP contribution in [0.1, 0.15) is 65.9 Å². The van der Waals surface area contributed by atoms with Gasteiger partial charge in [0.2, 0.25) is 5.28 Å². The number of aromatic nitrogens is 8. The standard InChI is InChI=1S/C20H25ClN4O4.C17H18Cl2N4O3.C3H8O.Na.H/c1-3-12-29-19-22-17-16(25(19)13-14-6-8-15(21)9-7-14)18(27)24(10-5-11-26)20(28)23(17)4-2;1-2-21-14-13(15(25)22(17(21)26)8-3-9-24)23(16(19)20-14)10-11-4-6-12(18)7-5-11;1-2-3-4;;/h6-9,26H,3-5,10-13H2,1-2H3;4-7,24H,2-3,8-10H2,1H3;4H,2-3H2,1H3;;/q;;;+1;-1. The molecule has 0 unspecified atom stereocenters. The molecule has 0 bridgehead atoms. The van der Waals surface area contributed by atoms with E-state index in [1.807, 2.05) is 45.0 Å². The van der Waals surface area contributed by atoms with Crippen molar-refractivity contribution in [3.05, 3.63) is 117 Å². The zero-order chi connectivity index (χ0) is 43.2. The fourth-order valence-corrected chi connectivity index (χ4v) is 6.57. The Bertz CT molecular complexity index is 2550. The van der Waals surface area contributed by atoms with Gasteiger partial charge in [-0.05, 0) is 86.5 Å². The Kier molecular flexibility index (Phi) is 20.8. The molecule has 4 heterocycles. The SMILES string of the molecule is CCCO.CCCOc1nc2c(c(=O)n(CCCO)c(=O)n2CC)n1Cc1ccc(Cl)cc1.CCn1c(=O)n(CCCO)c(=O)c2c1nc(Cl)n2Cc1ccc(Cl)cc1.[H-].[Na+]. The van der Waals surface area contributed by atoms with E-state index in [4.69, 9.17) is 54.9 Å². The zero-order valence-corrected chi connectivity index (χ0v) is 38.9. The summed E-state index contributed by atoms with van der Waals surface area (Å²) in [7, 11) is 0. The van der Waals surface area contributed by atoms with Crippen LogP contribution >= 0.6 is 34.8 Å². The molecule has 322 valence electrons. The van der Waals surface area contributed by atoms with E-state index >= 15 is 0 Å². The van der Waals surface area contributed by atoms with E-state index in [2.05, 4.69) is 9.97 Å². The fraction of sp³-hybridized carbons (Fsp3) is 0.450. The molecule has 0 aliphatic rings. The minimum Gasteiger partial charge on any atom is -1.00 e. The minimum absolute atomic E-state index is 0. The molecule has 6 rings (SSSR count). The molecule has 0 aliphatic heterocycles. The summed E-state index contributed by atoms with van der Waals surface area (Å²) in [4.78, 5) is 60.3. The van der Waals surface area contributed by atoms with Crippen molar-refractivity contribution in [2.24, 2.45) is 0 Å². The van der Waals surface area contributed by atoms with Crippen molar-refractivity contribution >= 4 is 57.1 Å². The van der Waals surface area contributed by atoms with Gasteiger partial charge in [0.05, 0.1) is 19.7 Å². The molecule has 0 radical (unpaired) electrons. The number of fused-ring (bicyclic) bond motifs is 2. The average molecular weight is 902 g/mol. The van der Waals surface area contributed by atoms with Gasteiger partial charge in [0.15, 0.2) is 22.3 Å². The molecule has 6 aromatic rings. The molecule has 16 nitrogen and oxygen atoms in total. The number of imidazole rings is 2. The molecular formula is C40H52Cl3N8NaO8. The van der Waals surface area contributed by atoms with Crippen LogP contribution in [0.5, 0.6) is 6.01 Å². The third-order valence-electron chi connectivity index (χ3n) is 9.03. The van der Waals surface area contributed by atoms with Crippen LogP contribution in [0.15, 0.2) is 67.7 Å². The molecule has 2 aromatic carbocycles. The summed E-state index contributed by atoms with van der Waals surface area (Å²) in [5.74, 6) is 0. The number of hydrogen-bond acceptors (Lipinski definition) is 10. The van der Waals surface area contributed by atoms with Gasteiger partial charge >= 0.3 is 40.9 Å². The van der Waals surface area contributed by atoms with Crippen LogP contribution in [-0.4, -0.2) is 79.1 Å². The van der Waals surface area contributed by atoms with E-state index in [9.17, 15) is 19.2 Å². The van der Waals surface area contributed by atoms with E-state index in [1.54, 1.807) is 40.3 Å². The quantitative estimate of drug-likeness (QED) is 0.0955. The molecule has 0 fully saturated rings. The van der Waals surface area contributed by atoms with Crippen LogP contribution in [-0.2, 0) is 39.3 Å². The maximum Gasteiger partial charge on any atom is 1.00 e. The average Bonchev–Trinajstić information content (AvgIpc) is 3.75. The molecule has 0 spiro atoms. The molecule has 60 heavy (non-hydrogen) atoms. The van der Waals surface area contributed by atoms with Crippen LogP contribution in [0.3, 0.4) is 0 Å². The van der Waals surface area contributed by atoms with Gasteiger partial charge in [-0.1, -0.05) is 61.3 Å². The van der Waals surface area contributed by atoms with Crippen molar-refractivity contribution in [2.45, 2.75) is 92.6 Å². The molecule has 0 aliphatic carbocycles. The van der Waals surface area contributed by atoms with Crippen molar-refractivity contribution in [3.63, 3.8) is 0 Å². The first kappa shape index (κ1) is 50.6. The largest absolute Gasteiger partial charge is 1.00 e. The number of nitrogens with zero attached hydrogens (tertiary/aromatic N) is 8. The molecular weight excluding hydrogens is 850 g/mol. The second-order valence-corrected chi connectivity index (χ2v) is 14.4. The normalized spacial score (nSPS) is 10.9. The predicted octanol–water partition coefficient (Wildman–Crippen LogP) is 1.87. The number of ether oxygens (including phenoxy) is 1. The molecule has 0 amide bonds. The Morgan fingerprint density at radius 2 is 1.00 bits per heavy atom. The van der Waals surface area contributed by atoms with Crippen molar-refractivity contribution in [3.8, 4) is 6.01 Å². The van der Waals surface area contributed by atoms with Crippen LogP contribution in [0.4, 0.5) is 0 Å². The van der Waals surface area contributed by atoms with Gasteiger partial charge in [0.25, 0.3) is 17.1 Å². The van der Waals surface area contributed by atoms with Crippen LogP contribution < -0.4 is 56.8 Å². The van der Waals surface area contributed by atoms with Crippen molar-refractivity contribution in [1.82, 2.24) is 37.4 Å². The summed E-state index contributed by atoms with van der Waals surface area (Å²) < 4.78 is 14.3. The third-order valence-corrected chi connectivity index (χ3v) is 9.82. The van der Waals surface area contributed by atoms with Crippen molar-refractivity contribution in [1.29, 1.82) is 0 Å². The fourth-order valence-electron chi connectivity index (χ4n) is 6.10. The molecule has 0 atom stereocenters. The van der Waals surface area contributed by atoms with E-state index in [0.717, 1.165) is 33.1 Å². The Morgan fingerprint density at radius 3 is 1.40 bits per heavy atom. The smallest absolute Gasteiger partial charge is 1.00 e. The van der Waals surface area contributed by atoms with Gasteiger partial charge in [-0.25, -0.2) is 9.59 Å². The number of rotatable bonds is 16. The predicted molar refractivity (Wildman–Crippen MR) is 232 cm³/mol. The van der Waals surface area contributed by atoms with Crippen LogP contribution in [0.2, 0.25) is 15.3 Å². The van der Waals surface area contributed by atoms with Gasteiger partial charge in [-0.2, -0.15) is 9.97 Å². The topological polar surface area (TPSA) is 194 Å². The summed E-state index contributed by atoms with van der Waals surface area (Å²) in [5.41, 5.74) is 1.19. The third kappa shape index (κ3) is 12.0. The van der Waals surface area contributed by atoms with Crippen molar-refractivity contribution < 1.29 is 51.0 Å². The number of halogens is 3. The summed E-state index contributed by atoms with van der Waals surface area (Å²) in [5, 5.41) is 27.4. The van der Waals surface area contributed by atoms with Gasteiger partial charge in [0, 0.05) is 56.0 Å². The Labute approximate surface area is 384 Å². The molecule has 20 heteroatoms. The number of benzene rings is 2. The van der Waals surface area contributed by atoms with Gasteiger partial charge in [0.1, 0.15) is 0 Å². The Balaban J connectivity index is 0.000000376. The summed E-state index contributed by atoms with van der Waals surface area (Å²) >= 11 is 18.2. The van der Waals surface area contributed by atoms with Crippen LogP contribution in [0.25, 0.3) is 22.3 Å². The Morgan fingerprint density at radius 1 is 0.583 bits per heavy atom. The van der Waals surface area contributed by atoms with E-state index in [0.29, 0.717) is 79.5 Å².